The topological polar surface area (TPSA) is 66.8 Å². The van der Waals surface area contributed by atoms with Crippen molar-refractivity contribution in [2.45, 2.75) is 37.4 Å². The second-order valence-corrected chi connectivity index (χ2v) is 8.68. The zero-order valence-corrected chi connectivity index (χ0v) is 14.7. The van der Waals surface area contributed by atoms with E-state index in [2.05, 4.69) is 15.9 Å². The molecule has 2 rings (SSSR count). The number of benzene rings is 1. The number of nitrogens with zero attached hydrogens (tertiary/aromatic N) is 1. The van der Waals surface area contributed by atoms with Crippen LogP contribution in [0.2, 0.25) is 0 Å². The van der Waals surface area contributed by atoms with Crippen molar-refractivity contribution in [1.82, 2.24) is 4.31 Å². The molecule has 0 spiro atoms. The Labute approximate surface area is 134 Å². The number of halogens is 1. The third kappa shape index (κ3) is 3.65. The van der Waals surface area contributed by atoms with Crippen LogP contribution in [0.3, 0.4) is 0 Å². The lowest BCUT2D eigenvalue weighted by atomic mass is 10.1. The molecule has 5 nitrogen and oxygen atoms in total. The summed E-state index contributed by atoms with van der Waals surface area (Å²) < 4.78 is 33.5. The van der Waals surface area contributed by atoms with Crippen LogP contribution in [0, 0.1) is 6.92 Å². The molecule has 0 aromatic heterocycles. The second kappa shape index (κ2) is 5.96. The lowest BCUT2D eigenvalue weighted by Crippen LogP contribution is -2.55. The first-order valence-corrected chi connectivity index (χ1v) is 8.94. The molecule has 0 saturated carbocycles. The third-order valence-corrected chi connectivity index (χ3v) is 6.12. The van der Waals surface area contributed by atoms with Gasteiger partial charge in [-0.15, -0.1) is 0 Å². The van der Waals surface area contributed by atoms with E-state index in [-0.39, 0.29) is 24.6 Å². The number of aryl methyl sites for hydroxylation is 1. The molecule has 1 N–H and O–H groups in total. The SMILES string of the molecule is Cc1cc(S(=O)(=O)N2CC(CO)OC(C)(C)C2)ccc1Br. The second-order valence-electron chi connectivity index (χ2n) is 5.89. The first kappa shape index (κ1) is 16.9. The lowest BCUT2D eigenvalue weighted by molar-refractivity contribution is -0.131. The highest BCUT2D eigenvalue weighted by molar-refractivity contribution is 9.10. The zero-order chi connectivity index (χ0) is 15.8. The van der Waals surface area contributed by atoms with E-state index in [0.717, 1.165) is 10.0 Å². The molecular formula is C14H20BrNO4S. The molecular weight excluding hydrogens is 358 g/mol. The summed E-state index contributed by atoms with van der Waals surface area (Å²) in [5.74, 6) is 0. The molecule has 1 aromatic rings. The van der Waals surface area contributed by atoms with Gasteiger partial charge in [0.25, 0.3) is 0 Å². The maximum Gasteiger partial charge on any atom is 0.243 e. The van der Waals surface area contributed by atoms with Gasteiger partial charge >= 0.3 is 0 Å². The monoisotopic (exact) mass is 377 g/mol. The quantitative estimate of drug-likeness (QED) is 0.873. The number of sulfonamides is 1. The standard InChI is InChI=1S/C14H20BrNO4S/c1-10-6-12(4-5-13(10)15)21(18,19)16-7-11(8-17)20-14(2,3)9-16/h4-6,11,17H,7-9H2,1-3H3. The van der Waals surface area contributed by atoms with Crippen LogP contribution in [0.15, 0.2) is 27.6 Å². The average Bonchev–Trinajstić information content (AvgIpc) is 2.39. The molecule has 21 heavy (non-hydrogen) atoms. The minimum absolute atomic E-state index is 0.164. The fourth-order valence-corrected chi connectivity index (χ4v) is 4.40. The Kier molecular flexibility index (Phi) is 4.80. The highest BCUT2D eigenvalue weighted by atomic mass is 79.9. The van der Waals surface area contributed by atoms with Crippen molar-refractivity contribution in [2.75, 3.05) is 19.7 Å². The number of hydrogen-bond donors (Lipinski definition) is 1. The van der Waals surface area contributed by atoms with E-state index in [1.54, 1.807) is 18.2 Å². The fourth-order valence-electron chi connectivity index (χ4n) is 2.45. The van der Waals surface area contributed by atoms with Crippen LogP contribution < -0.4 is 0 Å². The Morgan fingerprint density at radius 2 is 2.14 bits per heavy atom. The Balaban J connectivity index is 2.36. The number of aliphatic hydroxyl groups is 1. The molecule has 1 heterocycles. The molecule has 118 valence electrons. The fraction of sp³-hybridized carbons (Fsp3) is 0.571. The van der Waals surface area contributed by atoms with Gasteiger partial charge in [0.2, 0.25) is 10.0 Å². The predicted octanol–water partition coefficient (Wildman–Crippen LogP) is 1.92. The van der Waals surface area contributed by atoms with Crippen molar-refractivity contribution in [3.05, 3.63) is 28.2 Å². The van der Waals surface area contributed by atoms with E-state index in [1.807, 2.05) is 20.8 Å². The normalized spacial score (nSPS) is 23.2. The Hall–Kier alpha value is -0.470. The third-order valence-electron chi connectivity index (χ3n) is 3.42. The smallest absolute Gasteiger partial charge is 0.243 e. The van der Waals surface area contributed by atoms with E-state index >= 15 is 0 Å². The van der Waals surface area contributed by atoms with Crippen molar-refractivity contribution in [3.63, 3.8) is 0 Å². The molecule has 0 amide bonds. The minimum Gasteiger partial charge on any atom is -0.394 e. The maximum atomic E-state index is 12.8. The Morgan fingerprint density at radius 1 is 1.48 bits per heavy atom. The summed E-state index contributed by atoms with van der Waals surface area (Å²) in [5, 5.41) is 9.31. The van der Waals surface area contributed by atoms with Crippen LogP contribution in [-0.4, -0.2) is 49.2 Å². The van der Waals surface area contributed by atoms with Crippen molar-refractivity contribution < 1.29 is 18.3 Å². The maximum absolute atomic E-state index is 12.8. The molecule has 1 aromatic carbocycles. The predicted molar refractivity (Wildman–Crippen MR) is 83.7 cm³/mol. The molecule has 0 bridgehead atoms. The summed E-state index contributed by atoms with van der Waals surface area (Å²) in [5.41, 5.74) is 0.241. The largest absolute Gasteiger partial charge is 0.394 e. The van der Waals surface area contributed by atoms with Gasteiger partial charge in [0.1, 0.15) is 0 Å². The van der Waals surface area contributed by atoms with Crippen LogP contribution in [0.1, 0.15) is 19.4 Å². The van der Waals surface area contributed by atoms with E-state index in [4.69, 9.17) is 4.74 Å². The highest BCUT2D eigenvalue weighted by Crippen LogP contribution is 2.28. The molecule has 1 fully saturated rings. The van der Waals surface area contributed by atoms with Crippen LogP contribution in [-0.2, 0) is 14.8 Å². The number of morpholine rings is 1. The van der Waals surface area contributed by atoms with Gasteiger partial charge < -0.3 is 9.84 Å². The van der Waals surface area contributed by atoms with Crippen molar-refractivity contribution in [2.24, 2.45) is 0 Å². The Morgan fingerprint density at radius 3 is 2.71 bits per heavy atom. The van der Waals surface area contributed by atoms with Crippen molar-refractivity contribution >= 4 is 26.0 Å². The van der Waals surface area contributed by atoms with Gasteiger partial charge in [0, 0.05) is 17.6 Å². The molecule has 0 radical (unpaired) electrons. The Bertz CT molecular complexity index is 630. The van der Waals surface area contributed by atoms with Gasteiger partial charge in [-0.25, -0.2) is 8.42 Å². The summed E-state index contributed by atoms with van der Waals surface area (Å²) in [6, 6.07) is 4.97. The molecule has 1 saturated heterocycles. The van der Waals surface area contributed by atoms with E-state index in [1.165, 1.54) is 4.31 Å². The number of rotatable bonds is 3. The summed E-state index contributed by atoms with van der Waals surface area (Å²) >= 11 is 3.37. The van der Waals surface area contributed by atoms with E-state index in [9.17, 15) is 13.5 Å². The molecule has 1 aliphatic heterocycles. The van der Waals surface area contributed by atoms with Crippen LogP contribution in [0.4, 0.5) is 0 Å². The summed E-state index contributed by atoms with van der Waals surface area (Å²) in [6.07, 6.45) is -0.500. The van der Waals surface area contributed by atoms with Crippen molar-refractivity contribution in [3.8, 4) is 0 Å². The molecule has 0 aliphatic carbocycles. The molecule has 7 heteroatoms. The molecule has 1 unspecified atom stereocenters. The van der Waals surface area contributed by atoms with Gasteiger partial charge in [0.15, 0.2) is 0 Å². The summed E-state index contributed by atoms with van der Waals surface area (Å²) in [7, 11) is -3.59. The highest BCUT2D eigenvalue weighted by Gasteiger charge is 2.39. The van der Waals surface area contributed by atoms with Crippen molar-refractivity contribution in [1.29, 1.82) is 0 Å². The van der Waals surface area contributed by atoms with Gasteiger partial charge in [-0.1, -0.05) is 15.9 Å². The zero-order valence-electron chi connectivity index (χ0n) is 12.3. The van der Waals surface area contributed by atoms with Gasteiger partial charge in [-0.05, 0) is 44.5 Å². The van der Waals surface area contributed by atoms with Crippen LogP contribution >= 0.6 is 15.9 Å². The number of aliphatic hydroxyl groups excluding tert-OH is 1. The van der Waals surface area contributed by atoms with E-state index < -0.39 is 21.7 Å². The van der Waals surface area contributed by atoms with Crippen LogP contribution in [0.5, 0.6) is 0 Å². The molecule has 1 aliphatic rings. The summed E-state index contributed by atoms with van der Waals surface area (Å²) in [6.45, 7) is 5.73. The number of hydrogen-bond acceptors (Lipinski definition) is 4. The first-order chi connectivity index (χ1) is 9.65. The van der Waals surface area contributed by atoms with E-state index in [0.29, 0.717) is 0 Å². The van der Waals surface area contributed by atoms with Gasteiger partial charge in [-0.3, -0.25) is 0 Å². The lowest BCUT2D eigenvalue weighted by Gasteiger charge is -2.41. The number of ether oxygens (including phenoxy) is 1. The minimum atomic E-state index is -3.59. The van der Waals surface area contributed by atoms with Gasteiger partial charge in [-0.2, -0.15) is 4.31 Å². The van der Waals surface area contributed by atoms with Crippen LogP contribution in [0.25, 0.3) is 0 Å². The molecule has 1 atom stereocenters. The first-order valence-electron chi connectivity index (χ1n) is 6.71. The summed E-state index contributed by atoms with van der Waals surface area (Å²) in [4.78, 5) is 0.262. The average molecular weight is 378 g/mol. The van der Waals surface area contributed by atoms with Gasteiger partial charge in [0.05, 0.1) is 23.2 Å².